The van der Waals surface area contributed by atoms with Gasteiger partial charge in [0.1, 0.15) is 5.75 Å². The lowest BCUT2D eigenvalue weighted by molar-refractivity contribution is -0.118. The van der Waals surface area contributed by atoms with Gasteiger partial charge < -0.3 is 21.1 Å². The van der Waals surface area contributed by atoms with E-state index >= 15 is 0 Å². The van der Waals surface area contributed by atoms with E-state index in [2.05, 4.69) is 17.6 Å². The van der Waals surface area contributed by atoms with Gasteiger partial charge in [0.15, 0.2) is 6.61 Å². The lowest BCUT2D eigenvalue weighted by atomic mass is 9.80. The average Bonchev–Trinajstić information content (AvgIpc) is 2.47. The zero-order valence-electron chi connectivity index (χ0n) is 12.4. The Morgan fingerprint density at radius 2 is 2.19 bits per heavy atom. The number of nitrogens with two attached hydrogens (primary N) is 1. The molecule has 2 aliphatic rings. The number of nitrogens with one attached hydrogen (secondary N) is 2. The number of nitrogen functional groups attached to an aromatic ring is 1. The van der Waals surface area contributed by atoms with Crippen LogP contribution in [0.3, 0.4) is 0 Å². The van der Waals surface area contributed by atoms with Crippen LogP contribution < -0.4 is 21.1 Å². The Morgan fingerprint density at radius 1 is 1.38 bits per heavy atom. The number of anilines is 3. The van der Waals surface area contributed by atoms with Crippen LogP contribution in [0.4, 0.5) is 17.1 Å². The maximum atomic E-state index is 11.4. The van der Waals surface area contributed by atoms with E-state index in [4.69, 9.17) is 10.5 Å². The Morgan fingerprint density at radius 3 is 3.00 bits per heavy atom. The van der Waals surface area contributed by atoms with Gasteiger partial charge in [0.2, 0.25) is 0 Å². The van der Waals surface area contributed by atoms with Crippen LogP contribution in [0.15, 0.2) is 12.1 Å². The molecule has 1 aliphatic carbocycles. The molecule has 1 aliphatic heterocycles. The highest BCUT2D eigenvalue weighted by Gasteiger charge is 2.22. The van der Waals surface area contributed by atoms with Gasteiger partial charge >= 0.3 is 0 Å². The normalized spacial score (nSPS) is 24.7. The standard InChI is InChI=1S/C16H23N3O2/c1-10-4-2-3-5-11(10)8-18-13-7-14-15(6-12(13)17)21-9-16(20)19-14/h6-7,10-11,18H,2-5,8-9,17H2,1H3,(H,19,20). The lowest BCUT2D eigenvalue weighted by Gasteiger charge is -2.29. The molecule has 0 bridgehead atoms. The third-order valence-corrected chi connectivity index (χ3v) is 4.63. The first-order chi connectivity index (χ1) is 10.1. The first-order valence-electron chi connectivity index (χ1n) is 7.73. The molecule has 1 heterocycles. The molecule has 21 heavy (non-hydrogen) atoms. The second-order valence-electron chi connectivity index (χ2n) is 6.18. The maximum absolute atomic E-state index is 11.4. The predicted molar refractivity (Wildman–Crippen MR) is 84.6 cm³/mol. The molecule has 2 atom stereocenters. The molecule has 2 unspecified atom stereocenters. The van der Waals surface area contributed by atoms with Crippen molar-refractivity contribution in [2.75, 3.05) is 29.5 Å². The summed E-state index contributed by atoms with van der Waals surface area (Å²) in [6, 6.07) is 3.65. The van der Waals surface area contributed by atoms with Crippen molar-refractivity contribution in [2.45, 2.75) is 32.6 Å². The summed E-state index contributed by atoms with van der Waals surface area (Å²) in [7, 11) is 0. The van der Waals surface area contributed by atoms with Gasteiger partial charge in [-0.05, 0) is 24.3 Å². The summed E-state index contributed by atoms with van der Waals surface area (Å²) in [5.74, 6) is 1.97. The van der Waals surface area contributed by atoms with Gasteiger partial charge in [-0.2, -0.15) is 0 Å². The van der Waals surface area contributed by atoms with Crippen molar-refractivity contribution in [1.82, 2.24) is 0 Å². The highest BCUT2D eigenvalue weighted by molar-refractivity contribution is 5.97. The summed E-state index contributed by atoms with van der Waals surface area (Å²) in [5, 5.41) is 6.26. The van der Waals surface area contributed by atoms with E-state index in [0.717, 1.165) is 18.2 Å². The first-order valence-corrected chi connectivity index (χ1v) is 7.73. The van der Waals surface area contributed by atoms with E-state index in [1.54, 1.807) is 6.07 Å². The van der Waals surface area contributed by atoms with Crippen LogP contribution in [-0.2, 0) is 4.79 Å². The Balaban J connectivity index is 1.70. The van der Waals surface area contributed by atoms with Crippen LogP contribution in [0, 0.1) is 11.8 Å². The number of ether oxygens (including phenoxy) is 1. The first kappa shape index (κ1) is 14.0. The molecule has 114 valence electrons. The second kappa shape index (κ2) is 5.84. The van der Waals surface area contributed by atoms with Gasteiger partial charge in [-0.15, -0.1) is 0 Å². The van der Waals surface area contributed by atoms with E-state index in [-0.39, 0.29) is 12.5 Å². The number of hydrogen-bond acceptors (Lipinski definition) is 4. The van der Waals surface area contributed by atoms with Crippen molar-refractivity contribution in [2.24, 2.45) is 11.8 Å². The highest BCUT2D eigenvalue weighted by Crippen LogP contribution is 2.36. The quantitative estimate of drug-likeness (QED) is 0.748. The Labute approximate surface area is 125 Å². The number of carbonyl (C=O) groups excluding carboxylic acids is 1. The van der Waals surface area contributed by atoms with Gasteiger partial charge in [0.25, 0.3) is 5.91 Å². The number of benzene rings is 1. The summed E-state index contributed by atoms with van der Waals surface area (Å²) in [6.45, 7) is 3.31. The van der Waals surface area contributed by atoms with Crippen molar-refractivity contribution < 1.29 is 9.53 Å². The van der Waals surface area contributed by atoms with Crippen LogP contribution in [0.2, 0.25) is 0 Å². The Hall–Kier alpha value is -1.91. The van der Waals surface area contributed by atoms with Crippen LogP contribution in [0.25, 0.3) is 0 Å². The molecule has 0 saturated heterocycles. The van der Waals surface area contributed by atoms with Crippen molar-refractivity contribution in [3.05, 3.63) is 12.1 Å². The fourth-order valence-corrected chi connectivity index (χ4v) is 3.23. The summed E-state index contributed by atoms with van der Waals surface area (Å²) in [4.78, 5) is 11.4. The third-order valence-electron chi connectivity index (χ3n) is 4.63. The molecular weight excluding hydrogens is 266 g/mol. The van der Waals surface area contributed by atoms with E-state index in [0.29, 0.717) is 23.0 Å². The molecule has 1 fully saturated rings. The fourth-order valence-electron chi connectivity index (χ4n) is 3.23. The third kappa shape index (κ3) is 3.06. The minimum absolute atomic E-state index is 0.0544. The SMILES string of the molecule is CC1CCCCC1CNc1cc2c(cc1N)OCC(=O)N2. The maximum Gasteiger partial charge on any atom is 0.262 e. The van der Waals surface area contributed by atoms with Crippen LogP contribution in [0.5, 0.6) is 5.75 Å². The molecule has 1 aromatic rings. The van der Waals surface area contributed by atoms with E-state index < -0.39 is 0 Å². The smallest absolute Gasteiger partial charge is 0.262 e. The molecule has 0 spiro atoms. The fraction of sp³-hybridized carbons (Fsp3) is 0.562. The monoisotopic (exact) mass is 289 g/mol. The second-order valence-corrected chi connectivity index (χ2v) is 6.18. The molecule has 1 saturated carbocycles. The molecule has 0 radical (unpaired) electrons. The van der Waals surface area contributed by atoms with Gasteiger partial charge in [-0.25, -0.2) is 0 Å². The van der Waals surface area contributed by atoms with Crippen molar-refractivity contribution in [3.8, 4) is 5.75 Å². The summed E-state index contributed by atoms with van der Waals surface area (Å²) >= 11 is 0. The van der Waals surface area contributed by atoms with Crippen LogP contribution in [0.1, 0.15) is 32.6 Å². The number of hydrogen-bond donors (Lipinski definition) is 3. The lowest BCUT2D eigenvalue weighted by Crippen LogP contribution is -2.26. The predicted octanol–water partition coefficient (Wildman–Crippen LogP) is 2.84. The molecule has 5 nitrogen and oxygen atoms in total. The van der Waals surface area contributed by atoms with Crippen molar-refractivity contribution >= 4 is 23.0 Å². The van der Waals surface area contributed by atoms with Gasteiger partial charge in [-0.1, -0.05) is 26.2 Å². The highest BCUT2D eigenvalue weighted by atomic mass is 16.5. The van der Waals surface area contributed by atoms with E-state index in [1.165, 1.54) is 25.7 Å². The van der Waals surface area contributed by atoms with E-state index in [1.807, 2.05) is 6.07 Å². The molecule has 1 aromatic carbocycles. The molecule has 5 heteroatoms. The molecule has 3 rings (SSSR count). The number of rotatable bonds is 3. The molecule has 0 aromatic heterocycles. The zero-order chi connectivity index (χ0) is 14.8. The topological polar surface area (TPSA) is 76.4 Å². The number of carbonyl (C=O) groups is 1. The van der Waals surface area contributed by atoms with Crippen molar-refractivity contribution in [3.63, 3.8) is 0 Å². The van der Waals surface area contributed by atoms with Gasteiger partial charge in [-0.3, -0.25) is 4.79 Å². The average molecular weight is 289 g/mol. The number of fused-ring (bicyclic) bond motifs is 1. The minimum Gasteiger partial charge on any atom is -0.482 e. The van der Waals surface area contributed by atoms with E-state index in [9.17, 15) is 4.79 Å². The van der Waals surface area contributed by atoms with Crippen LogP contribution in [-0.4, -0.2) is 19.1 Å². The van der Waals surface area contributed by atoms with Gasteiger partial charge in [0, 0.05) is 12.6 Å². The zero-order valence-corrected chi connectivity index (χ0v) is 12.4. The summed E-state index contributed by atoms with van der Waals surface area (Å²) in [5.41, 5.74) is 8.30. The molecule has 4 N–H and O–H groups in total. The summed E-state index contributed by atoms with van der Waals surface area (Å²) < 4.78 is 5.36. The summed E-state index contributed by atoms with van der Waals surface area (Å²) in [6.07, 6.45) is 5.26. The molecular formula is C16H23N3O2. The Kier molecular flexibility index (Phi) is 3.90. The minimum atomic E-state index is -0.126. The van der Waals surface area contributed by atoms with Crippen molar-refractivity contribution in [1.29, 1.82) is 0 Å². The largest absolute Gasteiger partial charge is 0.482 e. The number of amides is 1. The Bertz CT molecular complexity index is 545. The van der Waals surface area contributed by atoms with Crippen LogP contribution >= 0.6 is 0 Å². The van der Waals surface area contributed by atoms with Gasteiger partial charge in [0.05, 0.1) is 17.1 Å². The molecule has 1 amide bonds.